The van der Waals surface area contributed by atoms with Gasteiger partial charge in [-0.05, 0) is 114 Å². The third kappa shape index (κ3) is 9.73. The van der Waals surface area contributed by atoms with E-state index >= 15 is 0 Å². The molecule has 0 N–H and O–H groups in total. The molecule has 5 aliphatic rings. The van der Waals surface area contributed by atoms with Crippen LogP contribution in [0.2, 0.25) is 0 Å². The molecule has 0 unspecified atom stereocenters. The van der Waals surface area contributed by atoms with Crippen molar-refractivity contribution in [2.45, 2.75) is 27.7 Å². The Labute approximate surface area is 239 Å². The number of hydrogen-bond donors (Lipinski definition) is 0. The van der Waals surface area contributed by atoms with E-state index in [0.717, 1.165) is 0 Å². The first-order valence-electron chi connectivity index (χ1n) is 9.67. The summed E-state index contributed by atoms with van der Waals surface area (Å²) in [5, 5.41) is 0. The van der Waals surface area contributed by atoms with Crippen LogP contribution in [0.5, 0.6) is 0 Å². The molecule has 0 bridgehead atoms. The van der Waals surface area contributed by atoms with Crippen LogP contribution in [0.4, 0.5) is 0 Å². The van der Waals surface area contributed by atoms with Gasteiger partial charge in [-0.3, -0.25) is 0 Å². The Morgan fingerprint density at radius 2 is 0.812 bits per heavy atom. The molecule has 4 aliphatic carbocycles. The molecule has 0 nitrogen and oxygen atoms in total. The normalized spacial score (nSPS) is 34.6. The van der Waals surface area contributed by atoms with Crippen LogP contribution in [0, 0.1) is 125 Å². The summed E-state index contributed by atoms with van der Waals surface area (Å²) in [5.41, 5.74) is 2.68. The largest absolute Gasteiger partial charge is 2.00 e. The first kappa shape index (κ1) is 33.1. The minimum Gasteiger partial charge on any atom is -0.0730 e. The molecular formula is C24H26Fe2P2S4+4. The predicted octanol–water partition coefficient (Wildman–Crippen LogP) is 8.41. The fourth-order valence-electron chi connectivity index (χ4n) is 2.85. The van der Waals surface area contributed by atoms with Gasteiger partial charge in [-0.15, -0.1) is 0 Å². The van der Waals surface area contributed by atoms with E-state index in [4.69, 9.17) is 23.6 Å². The van der Waals surface area contributed by atoms with Crippen molar-refractivity contribution >= 4 is 54.5 Å². The quantitative estimate of drug-likeness (QED) is 0.226. The summed E-state index contributed by atoms with van der Waals surface area (Å²) < 4.78 is -2.98. The second-order valence-corrected chi connectivity index (χ2v) is 28.7. The van der Waals surface area contributed by atoms with Gasteiger partial charge in [0.1, 0.15) is 0 Å². The van der Waals surface area contributed by atoms with Crippen molar-refractivity contribution in [2.75, 3.05) is 0 Å². The molecule has 1 heterocycles. The van der Waals surface area contributed by atoms with Crippen molar-refractivity contribution in [3.8, 4) is 0 Å². The molecule has 0 aromatic carbocycles. The van der Waals surface area contributed by atoms with Crippen LogP contribution in [-0.2, 0) is 57.8 Å². The van der Waals surface area contributed by atoms with Gasteiger partial charge < -0.3 is 0 Å². The maximum Gasteiger partial charge on any atom is 2.00 e. The average molecular weight is 616 g/mol. The zero-order valence-electron chi connectivity index (χ0n) is 18.3. The topological polar surface area (TPSA) is 0 Å². The van der Waals surface area contributed by atoms with Crippen molar-refractivity contribution in [1.82, 2.24) is 0 Å². The Hall–Kier alpha value is 3.04. The molecule has 168 valence electrons. The zero-order valence-corrected chi connectivity index (χ0v) is 25.6. The Balaban J connectivity index is 0.000000302. The molecule has 5 fully saturated rings. The maximum absolute atomic E-state index is 5.87. The minimum absolute atomic E-state index is 0. The molecule has 8 heteroatoms. The fraction of sp³-hybridized carbons (Fsp3) is 0.167. The third-order valence-electron chi connectivity index (χ3n) is 4.51. The van der Waals surface area contributed by atoms with Gasteiger partial charge in [-0.1, -0.05) is 73.3 Å². The molecule has 0 amide bonds. The van der Waals surface area contributed by atoms with Crippen molar-refractivity contribution in [2.24, 2.45) is 0 Å². The van der Waals surface area contributed by atoms with Crippen molar-refractivity contribution in [3.63, 3.8) is 0 Å². The molecule has 1 saturated heterocycles. The van der Waals surface area contributed by atoms with Crippen LogP contribution in [-0.4, -0.2) is 0 Å². The Bertz CT molecular complexity index is 569. The van der Waals surface area contributed by atoms with Gasteiger partial charge in [0.15, 0.2) is 0 Å². The first-order chi connectivity index (χ1) is 14.2. The second-order valence-electron chi connectivity index (χ2n) is 7.38. The van der Waals surface area contributed by atoms with Gasteiger partial charge in [-0.2, -0.15) is 0 Å². The van der Waals surface area contributed by atoms with Crippen molar-refractivity contribution in [3.05, 3.63) is 125 Å². The molecule has 1 aliphatic heterocycles. The van der Waals surface area contributed by atoms with Gasteiger partial charge in [0, 0.05) is 11.3 Å². The van der Waals surface area contributed by atoms with Crippen LogP contribution in [0.25, 0.3) is 0 Å². The van der Waals surface area contributed by atoms with E-state index in [2.05, 4.69) is 91.9 Å². The standard InChI is InChI=1S/C12H12P2S4.2C6H7.2Fe/c1-9-3-5-11(7-9)13(15)17-14(16,18-13)12-6-4-10(2)8-12;2*1-6-4-2-3-5-6;;/h3-8H,1-2H3;2*2-5H,1H3;;/q;;;2*+2. The van der Waals surface area contributed by atoms with Crippen molar-refractivity contribution in [1.29, 1.82) is 0 Å². The Morgan fingerprint density at radius 1 is 0.500 bits per heavy atom. The summed E-state index contributed by atoms with van der Waals surface area (Å²) >= 11 is 15.6. The third-order valence-corrected chi connectivity index (χ3v) is 35.7. The van der Waals surface area contributed by atoms with Gasteiger partial charge in [0.2, 0.25) is 0 Å². The number of hydrogen-bond acceptors (Lipinski definition) is 4. The molecule has 20 radical (unpaired) electrons. The molecule has 0 aromatic heterocycles. The Kier molecular flexibility index (Phi) is 16.0. The molecule has 32 heavy (non-hydrogen) atoms. The van der Waals surface area contributed by atoms with E-state index in [9.17, 15) is 0 Å². The smallest absolute Gasteiger partial charge is 0.0730 e. The molecule has 0 spiro atoms. The summed E-state index contributed by atoms with van der Waals surface area (Å²) in [4.78, 5) is 0. The van der Waals surface area contributed by atoms with E-state index in [0.29, 0.717) is 0 Å². The van der Waals surface area contributed by atoms with Crippen molar-refractivity contribution < 1.29 is 34.1 Å². The predicted molar refractivity (Wildman–Crippen MR) is 146 cm³/mol. The SMILES string of the molecule is C[C]1[CH][CH][CH][CH]1.C[C]1[CH][CH][CH][CH]1.C[C]1[CH][CH][C](P2(=S)SP(=S)([C]3[CH][CH][C](C)[CH]3)S2)[CH]1.[Fe+2].[Fe+2]. The number of rotatable bonds is 2. The molecule has 0 atom stereocenters. The van der Waals surface area contributed by atoms with Gasteiger partial charge in [-0.25, -0.2) is 0 Å². The second kappa shape index (κ2) is 15.5. The van der Waals surface area contributed by atoms with E-state index in [1.165, 1.54) is 35.0 Å². The van der Waals surface area contributed by atoms with Crippen LogP contribution in [0.3, 0.4) is 0 Å². The monoisotopic (exact) mass is 616 g/mol. The summed E-state index contributed by atoms with van der Waals surface area (Å²) in [5.74, 6) is 5.30. The van der Waals surface area contributed by atoms with E-state index in [-0.39, 0.29) is 34.1 Å². The first-order valence-corrected chi connectivity index (χ1v) is 19.3. The van der Waals surface area contributed by atoms with E-state index < -0.39 is 8.88 Å². The van der Waals surface area contributed by atoms with Gasteiger partial charge in [0.05, 0.1) is 8.88 Å². The van der Waals surface area contributed by atoms with Crippen LogP contribution < -0.4 is 0 Å². The minimum atomic E-state index is -1.49. The molecular weight excluding hydrogens is 590 g/mol. The summed E-state index contributed by atoms with van der Waals surface area (Å²) in [7, 11) is 0. The van der Waals surface area contributed by atoms with E-state index in [1.807, 2.05) is 47.7 Å². The van der Waals surface area contributed by atoms with Gasteiger partial charge in [0.25, 0.3) is 0 Å². The van der Waals surface area contributed by atoms with Crippen LogP contribution in [0.15, 0.2) is 0 Å². The Morgan fingerprint density at radius 3 is 1.00 bits per heavy atom. The molecule has 5 rings (SSSR count). The zero-order chi connectivity index (χ0) is 21.8. The van der Waals surface area contributed by atoms with Crippen LogP contribution in [0.1, 0.15) is 27.7 Å². The van der Waals surface area contributed by atoms with Crippen LogP contribution >= 0.6 is 30.9 Å². The molecule has 4 saturated carbocycles. The summed E-state index contributed by atoms with van der Waals surface area (Å²) in [6.45, 7) is 8.41. The average Bonchev–Trinajstić information content (AvgIpc) is 3.45. The van der Waals surface area contributed by atoms with E-state index in [1.54, 1.807) is 0 Å². The summed E-state index contributed by atoms with van der Waals surface area (Å²) in [6, 6.07) is 0. The van der Waals surface area contributed by atoms with Gasteiger partial charge >= 0.3 is 34.1 Å². The maximum atomic E-state index is 5.87. The summed E-state index contributed by atoms with van der Waals surface area (Å²) in [6.07, 6.45) is 29.6. The molecule has 0 aromatic rings. The fourth-order valence-corrected chi connectivity index (χ4v) is 45.2.